The highest BCUT2D eigenvalue weighted by atomic mass is 16.2. The second kappa shape index (κ2) is 8.70. The highest BCUT2D eigenvalue weighted by molar-refractivity contribution is 5.85. The zero-order chi connectivity index (χ0) is 12.4. The van der Waals surface area contributed by atoms with Crippen LogP contribution in [0.3, 0.4) is 0 Å². The van der Waals surface area contributed by atoms with E-state index in [4.69, 9.17) is 17.2 Å². The van der Waals surface area contributed by atoms with Crippen LogP contribution < -0.4 is 22.9 Å². The molecular formula is C8H16N4O3. The van der Waals surface area contributed by atoms with Gasteiger partial charge in [-0.1, -0.05) is 6.58 Å². The summed E-state index contributed by atoms with van der Waals surface area (Å²) in [6, 6.07) is -0.757. The van der Waals surface area contributed by atoms with Crippen molar-refractivity contribution in [3.05, 3.63) is 12.7 Å². The van der Waals surface area contributed by atoms with Crippen LogP contribution in [0.15, 0.2) is 12.7 Å². The number of rotatable bonds is 5. The van der Waals surface area contributed by atoms with E-state index in [0.717, 1.165) is 6.08 Å². The lowest BCUT2D eigenvalue weighted by atomic mass is 10.1. The lowest BCUT2D eigenvalue weighted by Gasteiger charge is -2.03. The molecule has 15 heavy (non-hydrogen) atoms. The van der Waals surface area contributed by atoms with Gasteiger partial charge in [-0.2, -0.15) is 0 Å². The minimum absolute atomic E-state index is 0.101. The molecule has 0 aliphatic rings. The molecule has 0 radical (unpaired) electrons. The Morgan fingerprint density at radius 2 is 1.60 bits per heavy atom. The summed E-state index contributed by atoms with van der Waals surface area (Å²) in [6.45, 7) is 3.09. The van der Waals surface area contributed by atoms with Crippen LogP contribution in [0.4, 0.5) is 0 Å². The zero-order valence-corrected chi connectivity index (χ0v) is 8.31. The summed E-state index contributed by atoms with van der Waals surface area (Å²) < 4.78 is 0. The van der Waals surface area contributed by atoms with Crippen molar-refractivity contribution in [2.75, 3.05) is 0 Å². The van der Waals surface area contributed by atoms with Crippen LogP contribution in [0.25, 0.3) is 0 Å². The number of hydrogen-bond acceptors (Lipinski definition) is 4. The number of amides is 3. The lowest BCUT2D eigenvalue weighted by molar-refractivity contribution is -0.120. The maximum atomic E-state index is 10.3. The molecule has 0 aromatic carbocycles. The normalized spacial score (nSPS) is 10.5. The Balaban J connectivity index is 0. The van der Waals surface area contributed by atoms with Crippen molar-refractivity contribution in [2.24, 2.45) is 22.9 Å². The van der Waals surface area contributed by atoms with Crippen LogP contribution in [0.5, 0.6) is 0 Å². The number of carbonyl (C=O) groups is 3. The molecule has 0 aliphatic carbocycles. The average Bonchev–Trinajstić information content (AvgIpc) is 2.14. The highest BCUT2D eigenvalue weighted by Crippen LogP contribution is 1.91. The molecule has 7 heteroatoms. The van der Waals surface area contributed by atoms with Crippen LogP contribution in [0.1, 0.15) is 12.8 Å². The van der Waals surface area contributed by atoms with Gasteiger partial charge in [0.15, 0.2) is 0 Å². The predicted molar refractivity (Wildman–Crippen MR) is 55.0 cm³/mol. The first kappa shape index (κ1) is 15.6. The second-order valence-electron chi connectivity index (χ2n) is 2.62. The van der Waals surface area contributed by atoms with Crippen LogP contribution in [-0.2, 0) is 14.4 Å². The molecule has 0 bridgehead atoms. The number of carbonyl (C=O) groups excluding carboxylic acids is 3. The summed E-state index contributed by atoms with van der Waals surface area (Å²) in [4.78, 5) is 29.9. The SMILES string of the molecule is C=CC(N)=O.NC(=O)CC[C@H](N)C(N)=O. The van der Waals surface area contributed by atoms with E-state index in [1.165, 1.54) is 0 Å². The Morgan fingerprint density at radius 3 is 1.80 bits per heavy atom. The summed E-state index contributed by atoms with van der Waals surface area (Å²) in [7, 11) is 0. The van der Waals surface area contributed by atoms with E-state index in [1.807, 2.05) is 0 Å². The Bertz CT molecular complexity index is 252. The molecule has 0 rings (SSSR count). The van der Waals surface area contributed by atoms with Gasteiger partial charge >= 0.3 is 0 Å². The van der Waals surface area contributed by atoms with Gasteiger partial charge in [0.1, 0.15) is 0 Å². The van der Waals surface area contributed by atoms with E-state index in [1.54, 1.807) is 0 Å². The van der Waals surface area contributed by atoms with E-state index in [0.29, 0.717) is 0 Å². The van der Waals surface area contributed by atoms with Crippen molar-refractivity contribution in [2.45, 2.75) is 18.9 Å². The van der Waals surface area contributed by atoms with Crippen LogP contribution >= 0.6 is 0 Å². The molecule has 1 atom stereocenters. The third-order valence-corrected chi connectivity index (χ3v) is 1.27. The molecule has 86 valence electrons. The molecular weight excluding hydrogens is 200 g/mol. The molecule has 0 aromatic rings. The smallest absolute Gasteiger partial charge is 0.240 e. The highest BCUT2D eigenvalue weighted by Gasteiger charge is 2.09. The van der Waals surface area contributed by atoms with Crippen molar-refractivity contribution in [3.63, 3.8) is 0 Å². The molecule has 7 nitrogen and oxygen atoms in total. The van der Waals surface area contributed by atoms with Crippen molar-refractivity contribution in [1.82, 2.24) is 0 Å². The summed E-state index contributed by atoms with van der Waals surface area (Å²) in [5.41, 5.74) is 19.3. The zero-order valence-electron chi connectivity index (χ0n) is 8.31. The third-order valence-electron chi connectivity index (χ3n) is 1.27. The van der Waals surface area contributed by atoms with Gasteiger partial charge in [-0.15, -0.1) is 0 Å². The minimum atomic E-state index is -0.757. The molecule has 0 fully saturated rings. The Labute approximate surface area is 87.5 Å². The topological polar surface area (TPSA) is 155 Å². The van der Waals surface area contributed by atoms with Gasteiger partial charge in [-0.05, 0) is 12.5 Å². The van der Waals surface area contributed by atoms with Crippen LogP contribution in [0, 0.1) is 0 Å². The largest absolute Gasteiger partial charge is 0.370 e. The molecule has 0 saturated carbocycles. The molecule has 0 aromatic heterocycles. The third kappa shape index (κ3) is 14.9. The maximum Gasteiger partial charge on any atom is 0.240 e. The average molecular weight is 216 g/mol. The summed E-state index contributed by atoms with van der Waals surface area (Å²) in [6.07, 6.45) is 1.38. The predicted octanol–water partition coefficient (Wildman–Crippen LogP) is -2.28. The van der Waals surface area contributed by atoms with Gasteiger partial charge < -0.3 is 22.9 Å². The molecule has 3 amide bonds. The van der Waals surface area contributed by atoms with Gasteiger partial charge in [0.25, 0.3) is 0 Å². The van der Waals surface area contributed by atoms with E-state index in [9.17, 15) is 14.4 Å². The molecule has 0 saturated heterocycles. The standard InChI is InChI=1S/C5H11N3O2.C3H5NO/c6-3(5(8)10)1-2-4(7)9;1-2-3(4)5/h3H,1-2,6H2,(H2,7,9)(H2,8,10);2H,1H2,(H2,4,5)/t3-;/m0./s1. The quantitative estimate of drug-likeness (QED) is 0.382. The fraction of sp³-hybridized carbons (Fsp3) is 0.375. The van der Waals surface area contributed by atoms with Gasteiger partial charge in [0, 0.05) is 6.42 Å². The summed E-state index contributed by atoms with van der Waals surface area (Å²) in [5.74, 6) is -1.57. The fourth-order valence-electron chi connectivity index (χ4n) is 0.440. The summed E-state index contributed by atoms with van der Waals surface area (Å²) in [5, 5.41) is 0. The Hall–Kier alpha value is -1.89. The minimum Gasteiger partial charge on any atom is -0.370 e. The first-order chi connectivity index (χ1) is 6.81. The summed E-state index contributed by atoms with van der Waals surface area (Å²) >= 11 is 0. The van der Waals surface area contributed by atoms with Crippen molar-refractivity contribution >= 4 is 17.7 Å². The van der Waals surface area contributed by atoms with E-state index in [2.05, 4.69) is 12.3 Å². The lowest BCUT2D eigenvalue weighted by Crippen LogP contribution is -2.37. The monoisotopic (exact) mass is 216 g/mol. The van der Waals surface area contributed by atoms with Gasteiger partial charge in [0.05, 0.1) is 6.04 Å². The second-order valence-corrected chi connectivity index (χ2v) is 2.62. The number of nitrogens with two attached hydrogens (primary N) is 4. The molecule has 0 spiro atoms. The number of primary amides is 3. The van der Waals surface area contributed by atoms with Crippen molar-refractivity contribution in [3.8, 4) is 0 Å². The van der Waals surface area contributed by atoms with E-state index < -0.39 is 23.8 Å². The Morgan fingerprint density at radius 1 is 1.20 bits per heavy atom. The van der Waals surface area contributed by atoms with Crippen LogP contribution in [-0.4, -0.2) is 23.8 Å². The first-order valence-corrected chi connectivity index (χ1v) is 4.06. The molecule has 0 heterocycles. The van der Waals surface area contributed by atoms with Crippen LogP contribution in [0.2, 0.25) is 0 Å². The van der Waals surface area contributed by atoms with Crippen molar-refractivity contribution in [1.29, 1.82) is 0 Å². The van der Waals surface area contributed by atoms with Gasteiger partial charge in [-0.25, -0.2) is 0 Å². The van der Waals surface area contributed by atoms with E-state index in [-0.39, 0.29) is 12.8 Å². The molecule has 0 unspecified atom stereocenters. The molecule has 0 aliphatic heterocycles. The van der Waals surface area contributed by atoms with Crippen molar-refractivity contribution < 1.29 is 14.4 Å². The fourth-order valence-corrected chi connectivity index (χ4v) is 0.440. The maximum absolute atomic E-state index is 10.3. The Kier molecular flexibility index (Phi) is 9.03. The van der Waals surface area contributed by atoms with Gasteiger partial charge in [-0.3, -0.25) is 14.4 Å². The van der Waals surface area contributed by atoms with Gasteiger partial charge in [0.2, 0.25) is 17.7 Å². The molecule has 8 N–H and O–H groups in total. The number of hydrogen-bond donors (Lipinski definition) is 4. The first-order valence-electron chi connectivity index (χ1n) is 4.06. The van der Waals surface area contributed by atoms with E-state index >= 15 is 0 Å².